The minimum absolute atomic E-state index is 0.359. The van der Waals surface area contributed by atoms with Gasteiger partial charge in [0.2, 0.25) is 0 Å². The molecule has 8 heteroatoms. The normalized spacial score (nSPS) is 17.2. The number of aromatic nitrogens is 2. The van der Waals surface area contributed by atoms with Gasteiger partial charge in [-0.2, -0.15) is 0 Å². The highest BCUT2D eigenvalue weighted by Crippen LogP contribution is 2.39. The summed E-state index contributed by atoms with van der Waals surface area (Å²) in [5.41, 5.74) is 4.31. The van der Waals surface area contributed by atoms with Crippen molar-refractivity contribution in [3.8, 4) is 0 Å². The lowest BCUT2D eigenvalue weighted by atomic mass is 9.95. The number of morpholine rings is 1. The van der Waals surface area contributed by atoms with Crippen LogP contribution >= 0.6 is 15.9 Å². The van der Waals surface area contributed by atoms with Gasteiger partial charge in [0.15, 0.2) is 0 Å². The predicted molar refractivity (Wildman–Crippen MR) is 140 cm³/mol. The summed E-state index contributed by atoms with van der Waals surface area (Å²) in [6, 6.07) is 13.8. The smallest absolute Gasteiger partial charge is 0.259 e. The van der Waals surface area contributed by atoms with E-state index in [1.54, 1.807) is 0 Å². The van der Waals surface area contributed by atoms with Gasteiger partial charge in [-0.15, -0.1) is 0 Å². The van der Waals surface area contributed by atoms with Crippen molar-refractivity contribution in [2.24, 2.45) is 0 Å². The van der Waals surface area contributed by atoms with Crippen LogP contribution in [0.4, 0.5) is 0 Å². The molecule has 0 saturated carbocycles. The first-order valence-electron chi connectivity index (χ1n) is 11.9. The average molecular weight is 533 g/mol. The number of nitrogens with zero attached hydrogens (tertiary/aromatic N) is 2. The molecule has 2 amide bonds. The molecule has 0 aliphatic carbocycles. The number of carbonyl (C=O) groups is 2. The zero-order chi connectivity index (χ0) is 23.9. The first-order chi connectivity index (χ1) is 17.1. The van der Waals surface area contributed by atoms with Crippen LogP contribution in [0.25, 0.3) is 33.0 Å². The molecule has 4 heterocycles. The number of rotatable bonds is 6. The van der Waals surface area contributed by atoms with Crippen LogP contribution in [0.2, 0.25) is 0 Å². The molecule has 7 nitrogen and oxygen atoms in total. The van der Waals surface area contributed by atoms with Gasteiger partial charge in [-0.3, -0.25) is 19.8 Å². The summed E-state index contributed by atoms with van der Waals surface area (Å²) < 4.78 is 8.62. The summed E-state index contributed by atoms with van der Waals surface area (Å²) in [6.45, 7) is 5.30. The Morgan fingerprint density at radius 2 is 1.63 bits per heavy atom. The average Bonchev–Trinajstić information content (AvgIpc) is 3.53. The second-order valence-corrected chi connectivity index (χ2v) is 9.82. The highest BCUT2D eigenvalue weighted by molar-refractivity contribution is 9.10. The van der Waals surface area contributed by atoms with E-state index < -0.39 is 0 Å². The van der Waals surface area contributed by atoms with Crippen LogP contribution in [0.1, 0.15) is 17.5 Å². The van der Waals surface area contributed by atoms with Crippen LogP contribution in [0.3, 0.4) is 0 Å². The third-order valence-electron chi connectivity index (χ3n) is 6.89. The summed E-state index contributed by atoms with van der Waals surface area (Å²) in [4.78, 5) is 31.8. The Morgan fingerprint density at radius 1 is 0.886 bits per heavy atom. The molecule has 4 aromatic rings. The van der Waals surface area contributed by atoms with Crippen LogP contribution < -0.4 is 5.32 Å². The standard InChI is InChI=1S/C27H25BrN4O3/c28-21-7-3-6-18-20(16-32(25(18)21)10-4-9-31-11-13-35-14-12-31)24-23(26(33)30-27(24)34)19-15-29-22-8-2-1-5-17(19)22/h1-3,5-8,15-16,29H,4,9-14H2,(H,30,33,34). The first kappa shape index (κ1) is 22.3. The molecule has 178 valence electrons. The van der Waals surface area contributed by atoms with Gasteiger partial charge in [0.1, 0.15) is 0 Å². The van der Waals surface area contributed by atoms with Gasteiger partial charge in [-0.25, -0.2) is 0 Å². The molecule has 2 N–H and O–H groups in total. The Bertz CT molecular complexity index is 1490. The summed E-state index contributed by atoms with van der Waals surface area (Å²) in [6.07, 6.45) is 4.82. The zero-order valence-corrected chi connectivity index (χ0v) is 20.7. The van der Waals surface area contributed by atoms with Crippen molar-refractivity contribution in [1.82, 2.24) is 19.8 Å². The number of hydrogen-bond acceptors (Lipinski definition) is 4. The largest absolute Gasteiger partial charge is 0.379 e. The maximum Gasteiger partial charge on any atom is 0.259 e. The molecule has 6 rings (SSSR count). The molecule has 2 aromatic carbocycles. The second-order valence-electron chi connectivity index (χ2n) is 8.96. The quantitative estimate of drug-likeness (QED) is 0.365. The number of benzene rings is 2. The predicted octanol–water partition coefficient (Wildman–Crippen LogP) is 4.17. The highest BCUT2D eigenvalue weighted by atomic mass is 79.9. The number of halogens is 1. The molecule has 1 fully saturated rings. The van der Waals surface area contributed by atoms with E-state index in [4.69, 9.17) is 4.74 Å². The Kier molecular flexibility index (Phi) is 5.80. The van der Waals surface area contributed by atoms with E-state index >= 15 is 0 Å². The fourth-order valence-electron chi connectivity index (χ4n) is 5.23. The molecular formula is C27H25BrN4O3. The van der Waals surface area contributed by atoms with E-state index in [2.05, 4.69) is 35.7 Å². The van der Waals surface area contributed by atoms with Crippen LogP contribution in [0, 0.1) is 0 Å². The van der Waals surface area contributed by atoms with E-state index in [1.807, 2.05) is 54.9 Å². The van der Waals surface area contributed by atoms with Gasteiger partial charge in [0.05, 0.1) is 29.9 Å². The summed E-state index contributed by atoms with van der Waals surface area (Å²) in [5, 5.41) is 4.40. The molecule has 0 atom stereocenters. The van der Waals surface area contributed by atoms with Crippen LogP contribution in [0.5, 0.6) is 0 Å². The minimum Gasteiger partial charge on any atom is -0.379 e. The SMILES string of the molecule is O=C1NC(=O)C(c2cn(CCCN3CCOCC3)c3c(Br)cccc23)=C1c1c[nH]c2ccccc12. The number of ether oxygens (including phenoxy) is 1. The Morgan fingerprint density at radius 3 is 2.46 bits per heavy atom. The fourth-order valence-corrected chi connectivity index (χ4v) is 5.82. The minimum atomic E-state index is -0.363. The lowest BCUT2D eigenvalue weighted by Crippen LogP contribution is -2.37. The summed E-state index contributed by atoms with van der Waals surface area (Å²) in [5.74, 6) is -0.722. The van der Waals surface area contributed by atoms with Gasteiger partial charge < -0.3 is 14.3 Å². The van der Waals surface area contributed by atoms with E-state index in [0.717, 1.165) is 83.2 Å². The van der Waals surface area contributed by atoms with Crippen molar-refractivity contribution < 1.29 is 14.3 Å². The molecule has 2 aromatic heterocycles. The van der Waals surface area contributed by atoms with E-state index in [1.165, 1.54) is 0 Å². The lowest BCUT2D eigenvalue weighted by Gasteiger charge is -2.26. The Labute approximate surface area is 210 Å². The maximum absolute atomic E-state index is 13.1. The number of para-hydroxylation sites is 2. The molecular weight excluding hydrogens is 508 g/mol. The van der Waals surface area contributed by atoms with Gasteiger partial charge in [0, 0.05) is 70.5 Å². The summed E-state index contributed by atoms with van der Waals surface area (Å²) >= 11 is 3.72. The Hall–Kier alpha value is -3.20. The van der Waals surface area contributed by atoms with Crippen molar-refractivity contribution in [3.05, 3.63) is 70.5 Å². The molecule has 0 unspecified atom stereocenters. The van der Waals surface area contributed by atoms with Gasteiger partial charge in [-0.05, 0) is 34.5 Å². The number of fused-ring (bicyclic) bond motifs is 2. The van der Waals surface area contributed by atoms with Crippen molar-refractivity contribution in [2.45, 2.75) is 13.0 Å². The number of amides is 2. The van der Waals surface area contributed by atoms with Gasteiger partial charge >= 0.3 is 0 Å². The molecule has 0 radical (unpaired) electrons. The molecule has 1 saturated heterocycles. The maximum atomic E-state index is 13.1. The van der Waals surface area contributed by atoms with E-state index in [-0.39, 0.29) is 11.8 Å². The summed E-state index contributed by atoms with van der Waals surface area (Å²) in [7, 11) is 0. The number of aromatic amines is 1. The van der Waals surface area contributed by atoms with Crippen molar-refractivity contribution in [1.29, 1.82) is 0 Å². The van der Waals surface area contributed by atoms with E-state index in [0.29, 0.717) is 11.1 Å². The van der Waals surface area contributed by atoms with Gasteiger partial charge in [0.25, 0.3) is 11.8 Å². The molecule has 35 heavy (non-hydrogen) atoms. The monoisotopic (exact) mass is 532 g/mol. The fraction of sp³-hybridized carbons (Fsp3) is 0.259. The number of H-pyrrole nitrogens is 1. The number of nitrogens with one attached hydrogen (secondary N) is 2. The first-order valence-corrected chi connectivity index (χ1v) is 12.7. The third kappa shape index (κ3) is 3.91. The van der Waals surface area contributed by atoms with Crippen molar-refractivity contribution in [2.75, 3.05) is 32.8 Å². The zero-order valence-electron chi connectivity index (χ0n) is 19.1. The number of carbonyl (C=O) groups excluding carboxylic acids is 2. The van der Waals surface area contributed by atoms with Crippen LogP contribution in [-0.4, -0.2) is 59.1 Å². The second kappa shape index (κ2) is 9.11. The lowest BCUT2D eigenvalue weighted by molar-refractivity contribution is -0.122. The van der Waals surface area contributed by atoms with E-state index in [9.17, 15) is 9.59 Å². The van der Waals surface area contributed by atoms with Crippen molar-refractivity contribution in [3.63, 3.8) is 0 Å². The molecule has 2 aliphatic heterocycles. The Balaban J connectivity index is 1.45. The van der Waals surface area contributed by atoms with Gasteiger partial charge in [-0.1, -0.05) is 30.3 Å². The topological polar surface area (TPSA) is 79.4 Å². The number of aryl methyl sites for hydroxylation is 1. The number of hydrogen-bond donors (Lipinski definition) is 2. The molecule has 0 spiro atoms. The molecule has 2 aliphatic rings. The van der Waals surface area contributed by atoms with Crippen LogP contribution in [-0.2, 0) is 20.9 Å². The molecule has 0 bridgehead atoms. The van der Waals surface area contributed by atoms with Crippen LogP contribution in [0.15, 0.2) is 59.3 Å². The van der Waals surface area contributed by atoms with Crippen molar-refractivity contribution >= 4 is 60.7 Å². The third-order valence-corrected chi connectivity index (χ3v) is 7.53. The number of imide groups is 1. The highest BCUT2D eigenvalue weighted by Gasteiger charge is 2.35.